The van der Waals surface area contributed by atoms with Crippen LogP contribution in [-0.4, -0.2) is 54.0 Å². The average Bonchev–Trinajstić information content (AvgIpc) is 3.11. The first-order valence-corrected chi connectivity index (χ1v) is 8.25. The van der Waals surface area contributed by atoms with Gasteiger partial charge in [0.1, 0.15) is 5.84 Å². The third-order valence-electron chi connectivity index (χ3n) is 3.43. The standard InChI is InChI=1S/C12H25N3O3S/c1-12(2,3)19(17,18)9-8-15(10-4-5-10)7-6-11(13)14-16/h10,16H,4-9H2,1-3H3,(H2,13,14). The summed E-state index contributed by atoms with van der Waals surface area (Å²) in [5.41, 5.74) is 5.45. The maximum absolute atomic E-state index is 12.1. The van der Waals surface area contributed by atoms with Gasteiger partial charge in [-0.15, -0.1) is 0 Å². The highest BCUT2D eigenvalue weighted by atomic mass is 32.2. The second-order valence-corrected chi connectivity index (χ2v) is 8.90. The zero-order valence-electron chi connectivity index (χ0n) is 12.0. The Labute approximate surface area is 115 Å². The third-order valence-corrected chi connectivity index (χ3v) is 6.01. The Kier molecular flexibility index (Phi) is 5.20. The molecule has 112 valence electrons. The van der Waals surface area contributed by atoms with Gasteiger partial charge < -0.3 is 10.9 Å². The Balaban J connectivity index is 2.51. The second-order valence-electron chi connectivity index (χ2n) is 6.04. The summed E-state index contributed by atoms with van der Waals surface area (Å²) < 4.78 is 23.4. The van der Waals surface area contributed by atoms with E-state index in [4.69, 9.17) is 10.9 Å². The van der Waals surface area contributed by atoms with Crippen molar-refractivity contribution in [1.82, 2.24) is 4.90 Å². The molecule has 0 aromatic rings. The topological polar surface area (TPSA) is 96.0 Å². The van der Waals surface area contributed by atoms with Gasteiger partial charge in [0.25, 0.3) is 0 Å². The van der Waals surface area contributed by atoms with Crippen LogP contribution in [0, 0.1) is 0 Å². The lowest BCUT2D eigenvalue weighted by Crippen LogP contribution is -2.38. The van der Waals surface area contributed by atoms with Crippen molar-refractivity contribution in [2.45, 2.75) is 50.8 Å². The molecule has 0 amide bonds. The van der Waals surface area contributed by atoms with Crippen LogP contribution in [0.2, 0.25) is 0 Å². The quantitative estimate of drug-likeness (QED) is 0.313. The first kappa shape index (κ1) is 16.2. The normalized spacial score (nSPS) is 18.0. The molecule has 1 aliphatic carbocycles. The van der Waals surface area contributed by atoms with E-state index >= 15 is 0 Å². The van der Waals surface area contributed by atoms with Gasteiger partial charge in [0.2, 0.25) is 0 Å². The van der Waals surface area contributed by atoms with Crippen LogP contribution in [0.1, 0.15) is 40.0 Å². The highest BCUT2D eigenvalue weighted by Gasteiger charge is 2.33. The van der Waals surface area contributed by atoms with Crippen molar-refractivity contribution in [1.29, 1.82) is 0 Å². The molecular weight excluding hydrogens is 266 g/mol. The Bertz CT molecular complexity index is 422. The summed E-state index contributed by atoms with van der Waals surface area (Å²) in [6.45, 7) is 6.32. The Morgan fingerprint density at radius 2 is 1.95 bits per heavy atom. The van der Waals surface area contributed by atoms with Crippen LogP contribution in [0.4, 0.5) is 0 Å². The van der Waals surface area contributed by atoms with E-state index in [1.54, 1.807) is 20.8 Å². The molecule has 19 heavy (non-hydrogen) atoms. The fourth-order valence-corrected chi connectivity index (χ4v) is 2.86. The zero-order valence-corrected chi connectivity index (χ0v) is 12.8. The predicted molar refractivity (Wildman–Crippen MR) is 76.2 cm³/mol. The molecule has 1 aliphatic rings. The smallest absolute Gasteiger partial charge is 0.156 e. The summed E-state index contributed by atoms with van der Waals surface area (Å²) in [5.74, 6) is 0.340. The maximum atomic E-state index is 12.1. The van der Waals surface area contributed by atoms with Crippen molar-refractivity contribution in [3.63, 3.8) is 0 Å². The number of amidine groups is 1. The largest absolute Gasteiger partial charge is 0.409 e. The van der Waals surface area contributed by atoms with Gasteiger partial charge in [-0.25, -0.2) is 8.42 Å². The van der Waals surface area contributed by atoms with Crippen molar-refractivity contribution in [2.75, 3.05) is 18.8 Å². The monoisotopic (exact) mass is 291 g/mol. The van der Waals surface area contributed by atoms with Gasteiger partial charge in [0.15, 0.2) is 9.84 Å². The number of sulfone groups is 1. The molecular formula is C12H25N3O3S. The van der Waals surface area contributed by atoms with Crippen LogP contribution in [0.15, 0.2) is 5.16 Å². The number of rotatable bonds is 7. The Morgan fingerprint density at radius 3 is 2.37 bits per heavy atom. The number of nitrogens with two attached hydrogens (primary N) is 1. The minimum atomic E-state index is -3.10. The van der Waals surface area contributed by atoms with Crippen molar-refractivity contribution in [2.24, 2.45) is 10.9 Å². The van der Waals surface area contributed by atoms with Gasteiger partial charge >= 0.3 is 0 Å². The second kappa shape index (κ2) is 6.09. The molecule has 7 heteroatoms. The van der Waals surface area contributed by atoms with E-state index in [0.717, 1.165) is 12.8 Å². The van der Waals surface area contributed by atoms with Crippen LogP contribution >= 0.6 is 0 Å². The van der Waals surface area contributed by atoms with Crippen molar-refractivity contribution in [3.8, 4) is 0 Å². The maximum Gasteiger partial charge on any atom is 0.156 e. The van der Waals surface area contributed by atoms with Gasteiger partial charge in [-0.2, -0.15) is 0 Å². The number of nitrogens with zero attached hydrogens (tertiary/aromatic N) is 2. The van der Waals surface area contributed by atoms with E-state index < -0.39 is 14.6 Å². The molecule has 1 saturated carbocycles. The van der Waals surface area contributed by atoms with E-state index in [0.29, 0.717) is 25.6 Å². The van der Waals surface area contributed by atoms with Crippen LogP contribution in [0.5, 0.6) is 0 Å². The van der Waals surface area contributed by atoms with E-state index in [2.05, 4.69) is 10.1 Å². The van der Waals surface area contributed by atoms with Crippen LogP contribution in [0.25, 0.3) is 0 Å². The fraction of sp³-hybridized carbons (Fsp3) is 0.917. The van der Waals surface area contributed by atoms with Crippen molar-refractivity contribution >= 4 is 15.7 Å². The molecule has 0 aliphatic heterocycles. The van der Waals surface area contributed by atoms with Crippen molar-refractivity contribution in [3.05, 3.63) is 0 Å². The molecule has 1 rings (SSSR count). The SMILES string of the molecule is CC(C)(C)S(=O)(=O)CCN(CCC(N)=NO)C1CC1. The van der Waals surface area contributed by atoms with Crippen molar-refractivity contribution < 1.29 is 13.6 Å². The first-order valence-electron chi connectivity index (χ1n) is 6.60. The van der Waals surface area contributed by atoms with E-state index in [1.807, 2.05) is 0 Å². The summed E-state index contributed by atoms with van der Waals surface area (Å²) in [6, 6.07) is 0.460. The lowest BCUT2D eigenvalue weighted by atomic mass is 10.3. The third kappa shape index (κ3) is 4.99. The molecule has 0 aromatic heterocycles. The molecule has 0 spiro atoms. The van der Waals surface area contributed by atoms with Gasteiger partial charge in [-0.1, -0.05) is 5.16 Å². The molecule has 0 atom stereocenters. The summed E-state index contributed by atoms with van der Waals surface area (Å²) in [6.07, 6.45) is 2.67. The molecule has 1 fully saturated rings. The van der Waals surface area contributed by atoms with Gasteiger partial charge in [-0.3, -0.25) is 4.90 Å². The summed E-state index contributed by atoms with van der Waals surface area (Å²) in [4.78, 5) is 2.13. The van der Waals surface area contributed by atoms with Crippen LogP contribution in [-0.2, 0) is 9.84 Å². The van der Waals surface area contributed by atoms with Gasteiger partial charge in [0, 0.05) is 25.6 Å². The lowest BCUT2D eigenvalue weighted by molar-refractivity contribution is 0.281. The highest BCUT2D eigenvalue weighted by Crippen LogP contribution is 2.27. The molecule has 6 nitrogen and oxygen atoms in total. The molecule has 0 heterocycles. The van der Waals surface area contributed by atoms with Gasteiger partial charge in [-0.05, 0) is 33.6 Å². The molecule has 0 radical (unpaired) electrons. The Hall–Kier alpha value is -0.820. The van der Waals surface area contributed by atoms with E-state index in [9.17, 15) is 8.42 Å². The average molecular weight is 291 g/mol. The number of hydrogen-bond acceptors (Lipinski definition) is 5. The van der Waals surface area contributed by atoms with E-state index in [-0.39, 0.29) is 11.6 Å². The lowest BCUT2D eigenvalue weighted by Gasteiger charge is -2.25. The van der Waals surface area contributed by atoms with Gasteiger partial charge in [0.05, 0.1) is 10.5 Å². The van der Waals surface area contributed by atoms with Crippen LogP contribution < -0.4 is 5.73 Å². The fourth-order valence-electron chi connectivity index (χ4n) is 1.77. The summed E-state index contributed by atoms with van der Waals surface area (Å²) in [7, 11) is -3.10. The first-order chi connectivity index (χ1) is 8.67. The molecule has 3 N–H and O–H groups in total. The van der Waals surface area contributed by atoms with E-state index in [1.165, 1.54) is 0 Å². The minimum absolute atomic E-state index is 0.156. The molecule has 0 saturated heterocycles. The molecule has 0 aromatic carbocycles. The minimum Gasteiger partial charge on any atom is -0.409 e. The highest BCUT2D eigenvalue weighted by molar-refractivity contribution is 7.92. The molecule has 0 bridgehead atoms. The predicted octanol–water partition coefficient (Wildman–Crippen LogP) is 0.801. The number of oxime groups is 1. The molecule has 0 unspecified atom stereocenters. The Morgan fingerprint density at radius 1 is 1.37 bits per heavy atom. The summed E-state index contributed by atoms with van der Waals surface area (Å²) in [5, 5.41) is 11.5. The number of hydrogen-bond donors (Lipinski definition) is 2. The zero-order chi connectivity index (χ0) is 14.7. The van der Waals surface area contributed by atoms with Crippen LogP contribution in [0.3, 0.4) is 0 Å². The summed E-state index contributed by atoms with van der Waals surface area (Å²) >= 11 is 0.